The van der Waals surface area contributed by atoms with Gasteiger partial charge in [0.1, 0.15) is 11.9 Å². The third-order valence-corrected chi connectivity index (χ3v) is 3.59. The summed E-state index contributed by atoms with van der Waals surface area (Å²) in [6.45, 7) is 0. The topological polar surface area (TPSA) is 9.23 Å². The van der Waals surface area contributed by atoms with E-state index in [9.17, 15) is 0 Å². The van der Waals surface area contributed by atoms with Gasteiger partial charge in [-0.2, -0.15) is 0 Å². The summed E-state index contributed by atoms with van der Waals surface area (Å²) in [5.74, 6) is 0.838. The van der Waals surface area contributed by atoms with Crippen LogP contribution in [0, 0.1) is 0 Å². The minimum absolute atomic E-state index is 0.113. The molecule has 0 saturated heterocycles. The lowest BCUT2D eigenvalue weighted by Gasteiger charge is -2.20. The van der Waals surface area contributed by atoms with E-state index in [-0.39, 0.29) is 6.10 Å². The first kappa shape index (κ1) is 13.8. The Morgan fingerprint density at radius 1 is 0.619 bits per heavy atom. The van der Waals surface area contributed by atoms with Crippen LogP contribution in [0.15, 0.2) is 89.8 Å². The first-order valence-electron chi connectivity index (χ1n) is 6.88. The second-order valence-electron chi connectivity index (χ2n) is 4.81. The van der Waals surface area contributed by atoms with E-state index in [1.54, 1.807) is 0 Å². The summed E-state index contributed by atoms with van der Waals surface area (Å²) in [7, 11) is 0. The molecule has 0 N–H and O–H groups in total. The molecule has 3 aromatic rings. The third kappa shape index (κ3) is 3.47. The molecular formula is C19H16OS. The summed E-state index contributed by atoms with van der Waals surface area (Å²) in [5.41, 5.74) is 2.28. The van der Waals surface area contributed by atoms with Gasteiger partial charge in [-0.1, -0.05) is 60.7 Å². The molecule has 3 aromatic carbocycles. The molecule has 0 radical (unpaired) electrons. The van der Waals surface area contributed by atoms with E-state index in [1.165, 1.54) is 0 Å². The van der Waals surface area contributed by atoms with Gasteiger partial charge in [-0.25, -0.2) is 0 Å². The lowest BCUT2D eigenvalue weighted by atomic mass is 10.0. The van der Waals surface area contributed by atoms with Crippen LogP contribution in [0.4, 0.5) is 0 Å². The van der Waals surface area contributed by atoms with Gasteiger partial charge in [-0.3, -0.25) is 0 Å². The zero-order chi connectivity index (χ0) is 14.5. The Kier molecular flexibility index (Phi) is 4.27. The van der Waals surface area contributed by atoms with Gasteiger partial charge in [-0.15, -0.1) is 12.6 Å². The highest BCUT2D eigenvalue weighted by Crippen LogP contribution is 2.28. The molecule has 0 spiro atoms. The van der Waals surface area contributed by atoms with E-state index in [1.807, 2.05) is 60.7 Å². The fourth-order valence-corrected chi connectivity index (χ4v) is 2.39. The largest absolute Gasteiger partial charge is 0.481 e. The van der Waals surface area contributed by atoms with Crippen LogP contribution in [-0.2, 0) is 0 Å². The Morgan fingerprint density at radius 3 is 1.57 bits per heavy atom. The monoisotopic (exact) mass is 292 g/mol. The minimum Gasteiger partial charge on any atom is -0.481 e. The Labute approximate surface area is 130 Å². The van der Waals surface area contributed by atoms with Crippen LogP contribution in [0.25, 0.3) is 0 Å². The van der Waals surface area contributed by atoms with Gasteiger partial charge in [0, 0.05) is 4.90 Å². The molecule has 1 nitrogen and oxygen atoms in total. The maximum atomic E-state index is 6.21. The maximum Gasteiger partial charge on any atom is 0.149 e. The normalized spacial score (nSPS) is 10.6. The SMILES string of the molecule is Sc1ccc(OC(c2ccccc2)c2ccccc2)cc1. The second-order valence-corrected chi connectivity index (χ2v) is 5.33. The number of benzene rings is 3. The third-order valence-electron chi connectivity index (χ3n) is 3.30. The number of rotatable bonds is 4. The fraction of sp³-hybridized carbons (Fsp3) is 0.0526. The molecular weight excluding hydrogens is 276 g/mol. The molecule has 21 heavy (non-hydrogen) atoms. The average Bonchev–Trinajstić information content (AvgIpc) is 2.56. The summed E-state index contributed by atoms with van der Waals surface area (Å²) < 4.78 is 6.21. The van der Waals surface area contributed by atoms with E-state index in [4.69, 9.17) is 4.74 Å². The Morgan fingerprint density at radius 2 is 1.10 bits per heavy atom. The van der Waals surface area contributed by atoms with Crippen LogP contribution in [0.1, 0.15) is 17.2 Å². The molecule has 0 aliphatic rings. The lowest BCUT2D eigenvalue weighted by molar-refractivity contribution is 0.247. The Bertz CT molecular complexity index is 638. The molecule has 2 heteroatoms. The van der Waals surface area contributed by atoms with Crippen molar-refractivity contribution in [3.05, 3.63) is 96.1 Å². The number of thiol groups is 1. The van der Waals surface area contributed by atoms with Crippen molar-refractivity contribution in [2.75, 3.05) is 0 Å². The maximum absolute atomic E-state index is 6.21. The molecule has 104 valence electrons. The van der Waals surface area contributed by atoms with E-state index in [2.05, 4.69) is 36.9 Å². The Balaban J connectivity index is 1.95. The van der Waals surface area contributed by atoms with Crippen molar-refractivity contribution in [1.29, 1.82) is 0 Å². The van der Waals surface area contributed by atoms with Crippen molar-refractivity contribution in [3.63, 3.8) is 0 Å². The van der Waals surface area contributed by atoms with Gasteiger partial charge in [-0.05, 0) is 35.4 Å². The summed E-state index contributed by atoms with van der Waals surface area (Å²) >= 11 is 4.31. The van der Waals surface area contributed by atoms with Crippen LogP contribution in [-0.4, -0.2) is 0 Å². The van der Waals surface area contributed by atoms with E-state index in [0.29, 0.717) is 0 Å². The van der Waals surface area contributed by atoms with Crippen LogP contribution in [0.2, 0.25) is 0 Å². The molecule has 0 heterocycles. The van der Waals surface area contributed by atoms with E-state index < -0.39 is 0 Å². The van der Waals surface area contributed by atoms with E-state index in [0.717, 1.165) is 21.8 Å². The summed E-state index contributed by atoms with van der Waals surface area (Å²) in [6.07, 6.45) is -0.113. The number of hydrogen-bond acceptors (Lipinski definition) is 2. The van der Waals surface area contributed by atoms with Crippen molar-refractivity contribution in [2.45, 2.75) is 11.0 Å². The number of hydrogen-bond donors (Lipinski definition) is 1. The van der Waals surface area contributed by atoms with Crippen LogP contribution in [0.5, 0.6) is 5.75 Å². The highest BCUT2D eigenvalue weighted by Gasteiger charge is 2.15. The van der Waals surface area contributed by atoms with Gasteiger partial charge in [0.15, 0.2) is 0 Å². The highest BCUT2D eigenvalue weighted by atomic mass is 32.1. The molecule has 0 saturated carbocycles. The summed E-state index contributed by atoms with van der Waals surface area (Å²) in [4.78, 5) is 0.929. The standard InChI is InChI=1S/C19H16OS/c21-18-13-11-17(12-14-18)20-19(15-7-3-1-4-8-15)16-9-5-2-6-10-16/h1-14,19,21H. The van der Waals surface area contributed by atoms with Crippen molar-refractivity contribution >= 4 is 12.6 Å². The molecule has 0 aliphatic heterocycles. The van der Waals surface area contributed by atoms with Gasteiger partial charge < -0.3 is 4.74 Å². The molecule has 0 unspecified atom stereocenters. The smallest absolute Gasteiger partial charge is 0.149 e. The molecule has 0 aliphatic carbocycles. The van der Waals surface area contributed by atoms with Gasteiger partial charge >= 0.3 is 0 Å². The van der Waals surface area contributed by atoms with Crippen LogP contribution < -0.4 is 4.74 Å². The summed E-state index contributed by atoms with van der Waals surface area (Å²) in [5, 5.41) is 0. The lowest BCUT2D eigenvalue weighted by Crippen LogP contribution is -2.09. The fourth-order valence-electron chi connectivity index (χ4n) is 2.24. The first-order chi connectivity index (χ1) is 10.3. The molecule has 0 aromatic heterocycles. The van der Waals surface area contributed by atoms with Crippen molar-refractivity contribution < 1.29 is 4.74 Å². The molecule has 0 amide bonds. The molecule has 0 bridgehead atoms. The number of ether oxygens (including phenoxy) is 1. The first-order valence-corrected chi connectivity index (χ1v) is 7.33. The van der Waals surface area contributed by atoms with Gasteiger partial charge in [0.05, 0.1) is 0 Å². The van der Waals surface area contributed by atoms with E-state index >= 15 is 0 Å². The van der Waals surface area contributed by atoms with Gasteiger partial charge in [0.2, 0.25) is 0 Å². The minimum atomic E-state index is -0.113. The highest BCUT2D eigenvalue weighted by molar-refractivity contribution is 7.80. The molecule has 0 atom stereocenters. The zero-order valence-electron chi connectivity index (χ0n) is 11.5. The zero-order valence-corrected chi connectivity index (χ0v) is 12.4. The quantitative estimate of drug-likeness (QED) is 0.655. The Hall–Kier alpha value is -2.19. The molecule has 0 fully saturated rings. The average molecular weight is 292 g/mol. The molecule has 3 rings (SSSR count). The van der Waals surface area contributed by atoms with Crippen molar-refractivity contribution in [3.8, 4) is 5.75 Å². The van der Waals surface area contributed by atoms with Crippen LogP contribution >= 0.6 is 12.6 Å². The van der Waals surface area contributed by atoms with Crippen LogP contribution in [0.3, 0.4) is 0 Å². The van der Waals surface area contributed by atoms with Gasteiger partial charge in [0.25, 0.3) is 0 Å². The summed E-state index contributed by atoms with van der Waals surface area (Å²) in [6, 6.07) is 28.3. The predicted octanol–water partition coefficient (Wildman–Crippen LogP) is 5.14. The predicted molar refractivity (Wildman–Crippen MR) is 89.0 cm³/mol. The van der Waals surface area contributed by atoms with Crippen molar-refractivity contribution in [2.24, 2.45) is 0 Å². The van der Waals surface area contributed by atoms with Crippen molar-refractivity contribution in [1.82, 2.24) is 0 Å². The second kappa shape index (κ2) is 6.51.